The van der Waals surface area contributed by atoms with Crippen molar-refractivity contribution in [3.05, 3.63) is 81.9 Å². The van der Waals surface area contributed by atoms with Crippen LogP contribution in [0.1, 0.15) is 27.5 Å². The lowest BCUT2D eigenvalue weighted by atomic mass is 10.1. The number of rotatable bonds is 4. The van der Waals surface area contributed by atoms with Gasteiger partial charge in [-0.15, -0.1) is 10.2 Å². The van der Waals surface area contributed by atoms with Gasteiger partial charge in [0.2, 0.25) is 4.96 Å². The highest BCUT2D eigenvalue weighted by Gasteiger charge is 2.14. The normalized spacial score (nSPS) is 11.2. The highest BCUT2D eigenvalue weighted by Crippen LogP contribution is 2.20. The van der Waals surface area contributed by atoms with Crippen LogP contribution in [0.3, 0.4) is 0 Å². The maximum Gasteiger partial charge on any atom is 0.234 e. The zero-order valence-electron chi connectivity index (χ0n) is 13.1. The first kappa shape index (κ1) is 15.0. The van der Waals surface area contributed by atoms with Crippen molar-refractivity contribution in [1.29, 1.82) is 0 Å². The van der Waals surface area contributed by atoms with Crippen molar-refractivity contribution in [3.8, 4) is 0 Å². The van der Waals surface area contributed by atoms with E-state index >= 15 is 0 Å². The Morgan fingerprint density at radius 3 is 2.50 bits per heavy atom. The van der Waals surface area contributed by atoms with Gasteiger partial charge >= 0.3 is 0 Å². The topological polar surface area (TPSA) is 43.1 Å². The second kappa shape index (κ2) is 6.13. The van der Waals surface area contributed by atoms with E-state index < -0.39 is 0 Å². The molecule has 120 valence electrons. The molecule has 2 heterocycles. The highest BCUT2D eigenvalue weighted by molar-refractivity contribution is 7.16. The molecule has 0 spiro atoms. The molecule has 2 aromatic carbocycles. The Morgan fingerprint density at radius 2 is 1.71 bits per heavy atom. The largest absolute Gasteiger partial charge is 0.234 e. The van der Waals surface area contributed by atoms with Crippen molar-refractivity contribution in [1.82, 2.24) is 19.8 Å². The smallest absolute Gasteiger partial charge is 0.207 e. The molecule has 0 unspecified atom stereocenters. The molecule has 0 N–H and O–H groups in total. The predicted molar refractivity (Wildman–Crippen MR) is 91.9 cm³/mol. The molecule has 0 atom stereocenters. The fourth-order valence-corrected chi connectivity index (χ4v) is 3.54. The zero-order valence-corrected chi connectivity index (χ0v) is 13.9. The first-order valence-electron chi connectivity index (χ1n) is 7.68. The summed E-state index contributed by atoms with van der Waals surface area (Å²) in [7, 11) is 0. The number of benzene rings is 2. The minimum absolute atomic E-state index is 0.205. The summed E-state index contributed by atoms with van der Waals surface area (Å²) in [5.41, 5.74) is 3.06. The van der Waals surface area contributed by atoms with Crippen LogP contribution in [0, 0.1) is 12.7 Å². The Hall–Kier alpha value is -2.60. The van der Waals surface area contributed by atoms with E-state index in [1.54, 1.807) is 16.6 Å². The van der Waals surface area contributed by atoms with Crippen LogP contribution in [0.5, 0.6) is 0 Å². The fourth-order valence-electron chi connectivity index (χ4n) is 2.66. The van der Waals surface area contributed by atoms with Crippen molar-refractivity contribution < 1.29 is 4.39 Å². The van der Waals surface area contributed by atoms with Gasteiger partial charge in [-0.2, -0.15) is 9.61 Å². The summed E-state index contributed by atoms with van der Waals surface area (Å²) in [4.78, 5) is 0.741. The average molecular weight is 338 g/mol. The highest BCUT2D eigenvalue weighted by atomic mass is 32.1. The minimum atomic E-state index is -0.205. The molecule has 0 radical (unpaired) electrons. The molecular weight excluding hydrogens is 323 g/mol. The van der Waals surface area contributed by atoms with Crippen LogP contribution < -0.4 is 0 Å². The molecule has 4 rings (SSSR count). The zero-order chi connectivity index (χ0) is 16.5. The third kappa shape index (κ3) is 2.80. The first-order valence-corrected chi connectivity index (χ1v) is 8.50. The number of hydrogen-bond acceptors (Lipinski definition) is 4. The molecule has 0 bridgehead atoms. The molecule has 0 fully saturated rings. The quantitative estimate of drug-likeness (QED) is 0.568. The third-order valence-electron chi connectivity index (χ3n) is 4.01. The summed E-state index contributed by atoms with van der Waals surface area (Å²) in [5, 5.41) is 13.9. The molecule has 4 nitrogen and oxygen atoms in total. The van der Waals surface area contributed by atoms with Gasteiger partial charge in [0.1, 0.15) is 10.8 Å². The predicted octanol–water partition coefficient (Wildman–Crippen LogP) is 3.81. The van der Waals surface area contributed by atoms with Gasteiger partial charge in [0, 0.05) is 12.8 Å². The van der Waals surface area contributed by atoms with E-state index in [4.69, 9.17) is 0 Å². The Balaban J connectivity index is 1.64. The van der Waals surface area contributed by atoms with Crippen molar-refractivity contribution >= 4 is 16.3 Å². The van der Waals surface area contributed by atoms with Crippen molar-refractivity contribution in [2.24, 2.45) is 0 Å². The summed E-state index contributed by atoms with van der Waals surface area (Å²) in [6.07, 6.45) is 1.14. The third-order valence-corrected chi connectivity index (χ3v) is 4.91. The maximum absolute atomic E-state index is 13.8. The second-order valence-electron chi connectivity index (χ2n) is 5.68. The fraction of sp³-hybridized carbons (Fsp3) is 0.167. The Kier molecular flexibility index (Phi) is 3.82. The molecule has 2 aromatic heterocycles. The number of nitrogens with zero attached hydrogens (tertiary/aromatic N) is 4. The van der Waals surface area contributed by atoms with Gasteiger partial charge in [-0.05, 0) is 29.7 Å². The lowest BCUT2D eigenvalue weighted by molar-refractivity contribution is 0.613. The maximum atomic E-state index is 13.8. The molecule has 0 amide bonds. The van der Waals surface area contributed by atoms with Gasteiger partial charge in [0.15, 0.2) is 5.82 Å². The van der Waals surface area contributed by atoms with Crippen LogP contribution in [0.2, 0.25) is 0 Å². The molecule has 0 saturated carbocycles. The number of hydrogen-bond donors (Lipinski definition) is 0. The number of halogens is 1. The van der Waals surface area contributed by atoms with Crippen LogP contribution in [0.15, 0.2) is 48.5 Å². The molecule has 6 heteroatoms. The van der Waals surface area contributed by atoms with Crippen LogP contribution in [0.4, 0.5) is 4.39 Å². The monoisotopic (exact) mass is 338 g/mol. The Morgan fingerprint density at radius 1 is 0.958 bits per heavy atom. The second-order valence-corrected chi connectivity index (χ2v) is 6.72. The summed E-state index contributed by atoms with van der Waals surface area (Å²) < 4.78 is 15.6. The summed E-state index contributed by atoms with van der Waals surface area (Å²) in [5.74, 6) is 0.596. The first-order chi connectivity index (χ1) is 11.7. The number of fused-ring (bicyclic) bond motifs is 1. The van der Waals surface area contributed by atoms with E-state index in [1.807, 2.05) is 18.2 Å². The lowest BCUT2D eigenvalue weighted by Crippen LogP contribution is -2.00. The van der Waals surface area contributed by atoms with Gasteiger partial charge in [-0.25, -0.2) is 4.39 Å². The van der Waals surface area contributed by atoms with E-state index in [0.29, 0.717) is 18.4 Å². The van der Waals surface area contributed by atoms with Crippen LogP contribution in [-0.2, 0) is 12.8 Å². The Bertz CT molecular complexity index is 1010. The lowest BCUT2D eigenvalue weighted by Gasteiger charge is -2.02. The molecule has 0 saturated heterocycles. The van der Waals surface area contributed by atoms with Gasteiger partial charge < -0.3 is 0 Å². The van der Waals surface area contributed by atoms with Gasteiger partial charge in [-0.3, -0.25) is 0 Å². The van der Waals surface area contributed by atoms with E-state index in [9.17, 15) is 4.39 Å². The molecule has 4 aromatic rings. The molecule has 0 aliphatic rings. The van der Waals surface area contributed by atoms with E-state index in [1.165, 1.54) is 28.5 Å². The molecular formula is C18H15FN4S. The van der Waals surface area contributed by atoms with Crippen molar-refractivity contribution in [3.63, 3.8) is 0 Å². The van der Waals surface area contributed by atoms with Crippen LogP contribution >= 0.6 is 11.3 Å². The van der Waals surface area contributed by atoms with Gasteiger partial charge in [0.05, 0.1) is 0 Å². The number of aryl methyl sites for hydroxylation is 1. The van der Waals surface area contributed by atoms with Crippen LogP contribution in [0.25, 0.3) is 4.96 Å². The molecule has 0 aliphatic heterocycles. The number of aromatic nitrogens is 4. The summed E-state index contributed by atoms with van der Waals surface area (Å²) in [6.45, 7) is 2.08. The van der Waals surface area contributed by atoms with E-state index in [0.717, 1.165) is 15.8 Å². The van der Waals surface area contributed by atoms with Gasteiger partial charge in [0.25, 0.3) is 0 Å². The molecule has 24 heavy (non-hydrogen) atoms. The summed E-state index contributed by atoms with van der Waals surface area (Å²) in [6, 6.07) is 15.0. The van der Waals surface area contributed by atoms with E-state index in [-0.39, 0.29) is 5.82 Å². The molecule has 0 aliphatic carbocycles. The van der Waals surface area contributed by atoms with Crippen molar-refractivity contribution in [2.75, 3.05) is 0 Å². The van der Waals surface area contributed by atoms with Gasteiger partial charge in [-0.1, -0.05) is 53.8 Å². The van der Waals surface area contributed by atoms with E-state index in [2.05, 4.69) is 34.4 Å². The SMILES string of the molecule is Cc1ccccc1Cc1nnc2sc(Cc3ccccc3F)nn12. The Labute approximate surface area is 142 Å². The average Bonchev–Trinajstić information content (AvgIpc) is 3.13. The van der Waals surface area contributed by atoms with Crippen molar-refractivity contribution in [2.45, 2.75) is 19.8 Å². The minimum Gasteiger partial charge on any atom is -0.207 e. The van der Waals surface area contributed by atoms with Crippen LogP contribution in [-0.4, -0.2) is 19.8 Å². The summed E-state index contributed by atoms with van der Waals surface area (Å²) >= 11 is 1.45. The standard InChI is InChI=1S/C18H15FN4S/c1-12-6-2-3-7-13(12)10-16-20-21-18-23(16)22-17(24-18)11-14-8-4-5-9-15(14)19/h2-9H,10-11H2,1H3.